The third-order valence-corrected chi connectivity index (χ3v) is 9.97. The molecule has 4 aromatic rings. The van der Waals surface area contributed by atoms with Crippen molar-refractivity contribution in [3.8, 4) is 17.1 Å². The topological polar surface area (TPSA) is 111 Å². The van der Waals surface area contributed by atoms with E-state index in [1.807, 2.05) is 67.3 Å². The van der Waals surface area contributed by atoms with Gasteiger partial charge in [-0.2, -0.15) is 4.98 Å². The fraction of sp³-hybridized carbons (Fsp3) is 0.361. The first kappa shape index (κ1) is 31.7. The van der Waals surface area contributed by atoms with E-state index >= 15 is 0 Å². The summed E-state index contributed by atoms with van der Waals surface area (Å²) in [5.41, 5.74) is 4.82. The van der Waals surface area contributed by atoms with Crippen LogP contribution in [0.25, 0.3) is 11.3 Å². The molecule has 1 N–H and O–H groups in total. The van der Waals surface area contributed by atoms with Crippen molar-refractivity contribution in [3.05, 3.63) is 101 Å². The van der Waals surface area contributed by atoms with E-state index in [0.717, 1.165) is 22.3 Å². The molecule has 0 unspecified atom stereocenters. The molecule has 2 aliphatic rings. The monoisotopic (exact) mass is 640 g/mol. The molecule has 0 spiro atoms. The highest BCUT2D eigenvalue weighted by molar-refractivity contribution is 7.92. The molecule has 1 saturated carbocycles. The third kappa shape index (κ3) is 6.93. The molecular weight excluding hydrogens is 600 g/mol. The van der Waals surface area contributed by atoms with Crippen molar-refractivity contribution in [2.75, 3.05) is 11.3 Å². The predicted octanol–water partition coefficient (Wildman–Crippen LogP) is 6.56. The Morgan fingerprint density at radius 2 is 1.67 bits per heavy atom. The number of benzene rings is 3. The average molecular weight is 641 g/mol. The first-order chi connectivity index (χ1) is 22.1. The minimum Gasteiger partial charge on any atom is -0.475 e. The molecule has 10 heteroatoms. The van der Waals surface area contributed by atoms with E-state index in [2.05, 4.69) is 28.5 Å². The molecule has 0 radical (unpaired) electrons. The summed E-state index contributed by atoms with van der Waals surface area (Å²) in [6.45, 7) is 8.91. The number of aromatic nitrogens is 2. The largest absolute Gasteiger partial charge is 0.475 e. The van der Waals surface area contributed by atoms with Gasteiger partial charge in [-0.05, 0) is 73.9 Å². The van der Waals surface area contributed by atoms with E-state index in [1.165, 1.54) is 12.1 Å². The van der Waals surface area contributed by atoms with Gasteiger partial charge in [-0.3, -0.25) is 4.79 Å². The van der Waals surface area contributed by atoms with E-state index in [9.17, 15) is 13.2 Å². The molecule has 46 heavy (non-hydrogen) atoms. The number of ether oxygens (including phenoxy) is 2. The molecule has 1 aliphatic carbocycles. The van der Waals surface area contributed by atoms with Gasteiger partial charge in [0, 0.05) is 23.2 Å². The summed E-state index contributed by atoms with van der Waals surface area (Å²) in [7, 11) is -4.13. The molecule has 1 aromatic heterocycles. The summed E-state index contributed by atoms with van der Waals surface area (Å²) in [4.78, 5) is 25.3. The Morgan fingerprint density at radius 1 is 0.957 bits per heavy atom. The lowest BCUT2D eigenvalue weighted by Gasteiger charge is -2.46. The maximum Gasteiger partial charge on any atom is 0.264 e. The number of sulfonamides is 1. The Labute approximate surface area is 271 Å². The number of carbonyl (C=O) groups is 1. The average Bonchev–Trinajstić information content (AvgIpc) is 3.00. The lowest BCUT2D eigenvalue weighted by Crippen LogP contribution is -2.56. The quantitative estimate of drug-likeness (QED) is 0.244. The zero-order chi connectivity index (χ0) is 32.4. The first-order valence-electron chi connectivity index (χ1n) is 15.8. The van der Waals surface area contributed by atoms with Crippen molar-refractivity contribution in [3.63, 3.8) is 0 Å². The summed E-state index contributed by atoms with van der Waals surface area (Å²) in [5.74, 6) is 0.173. The summed E-state index contributed by atoms with van der Waals surface area (Å²) < 4.78 is 42.3. The molecule has 240 valence electrons. The van der Waals surface area contributed by atoms with Gasteiger partial charge >= 0.3 is 0 Å². The van der Waals surface area contributed by atoms with Crippen LogP contribution >= 0.6 is 0 Å². The van der Waals surface area contributed by atoms with Gasteiger partial charge in [-0.1, -0.05) is 68.4 Å². The zero-order valence-corrected chi connectivity index (χ0v) is 27.5. The van der Waals surface area contributed by atoms with Crippen LogP contribution in [-0.4, -0.2) is 54.0 Å². The SMILES string of the molecule is Cc1cccc(C)c1-c1cc2nc(n1)NS(=O)(=O)c1cccc(c1)C(=O)N([C@H]1C[C@@H](OCc3ccccc3)C1)[C@H](CC(C)C)CO2. The van der Waals surface area contributed by atoms with Gasteiger partial charge in [0.15, 0.2) is 0 Å². The van der Waals surface area contributed by atoms with Crippen molar-refractivity contribution >= 4 is 21.9 Å². The molecule has 1 atom stereocenters. The number of aryl methyl sites for hydroxylation is 2. The number of nitrogens with one attached hydrogen (secondary N) is 1. The zero-order valence-electron chi connectivity index (χ0n) is 26.6. The van der Waals surface area contributed by atoms with Gasteiger partial charge in [0.05, 0.1) is 29.3 Å². The van der Waals surface area contributed by atoms with Crippen LogP contribution in [0.4, 0.5) is 5.95 Å². The Bertz CT molecular complexity index is 1800. The fourth-order valence-corrected chi connectivity index (χ4v) is 7.31. The van der Waals surface area contributed by atoms with Gasteiger partial charge < -0.3 is 14.4 Å². The number of nitrogens with zero attached hydrogens (tertiary/aromatic N) is 3. The number of rotatable bonds is 7. The van der Waals surface area contributed by atoms with Gasteiger partial charge in [0.1, 0.15) is 6.61 Å². The number of fused-ring (bicyclic) bond motifs is 4. The molecule has 9 nitrogen and oxygen atoms in total. The summed E-state index contributed by atoms with van der Waals surface area (Å²) in [5, 5.41) is 0. The maximum atomic E-state index is 14.3. The van der Waals surface area contributed by atoms with Gasteiger partial charge in [-0.15, -0.1) is 0 Å². The van der Waals surface area contributed by atoms with Crippen molar-refractivity contribution in [2.24, 2.45) is 5.92 Å². The van der Waals surface area contributed by atoms with Crippen molar-refractivity contribution in [2.45, 2.75) is 76.6 Å². The third-order valence-electron chi connectivity index (χ3n) is 8.64. The molecular formula is C36H40N4O5S. The lowest BCUT2D eigenvalue weighted by atomic mass is 9.85. The van der Waals surface area contributed by atoms with Crippen LogP contribution in [0.1, 0.15) is 60.2 Å². The molecule has 1 fully saturated rings. The standard InChI is InChI=1S/C36H40N4O5S/c1-23(2)16-29-22-45-33-20-32(34-24(3)10-8-11-25(34)4)37-36(38-33)39-46(42,43)31-15-9-14-27(17-31)35(41)40(29)28-18-30(19-28)44-21-26-12-6-5-7-13-26/h5-15,17,20,23,28-30H,16,18-19,21-22H2,1-4H3,(H,37,38,39)/t28-,29-,30+/m1/s1. The Kier molecular flexibility index (Phi) is 9.11. The highest BCUT2D eigenvalue weighted by Gasteiger charge is 2.41. The molecule has 2 heterocycles. The summed E-state index contributed by atoms with van der Waals surface area (Å²) in [6, 6.07) is 23.5. The van der Waals surface area contributed by atoms with Crippen LogP contribution in [0.15, 0.2) is 83.8 Å². The molecule has 6 rings (SSSR count). The van der Waals surface area contributed by atoms with E-state index in [1.54, 1.807) is 18.2 Å². The van der Waals surface area contributed by atoms with Gasteiger partial charge in [0.2, 0.25) is 11.8 Å². The van der Waals surface area contributed by atoms with Gasteiger partial charge in [0.25, 0.3) is 15.9 Å². The van der Waals surface area contributed by atoms with E-state index in [0.29, 0.717) is 37.1 Å². The summed E-state index contributed by atoms with van der Waals surface area (Å²) in [6.07, 6.45) is 2.07. The number of amides is 1. The minimum atomic E-state index is -4.13. The fourth-order valence-electron chi connectivity index (χ4n) is 6.32. The van der Waals surface area contributed by atoms with E-state index < -0.39 is 10.0 Å². The molecule has 3 aromatic carbocycles. The van der Waals surface area contributed by atoms with Crippen molar-refractivity contribution < 1.29 is 22.7 Å². The van der Waals surface area contributed by atoms with Crippen molar-refractivity contribution in [1.29, 1.82) is 0 Å². The van der Waals surface area contributed by atoms with E-state index in [-0.39, 0.29) is 53.3 Å². The van der Waals surface area contributed by atoms with Crippen LogP contribution in [0.3, 0.4) is 0 Å². The molecule has 0 saturated heterocycles. The highest BCUT2D eigenvalue weighted by atomic mass is 32.2. The van der Waals surface area contributed by atoms with Gasteiger partial charge in [-0.25, -0.2) is 18.1 Å². The maximum absolute atomic E-state index is 14.3. The Morgan fingerprint density at radius 3 is 2.39 bits per heavy atom. The second-order valence-corrected chi connectivity index (χ2v) is 14.3. The Hall–Kier alpha value is -4.28. The van der Waals surface area contributed by atoms with Crippen LogP contribution in [-0.2, 0) is 21.4 Å². The Balaban J connectivity index is 1.37. The molecule has 1 aliphatic heterocycles. The van der Waals surface area contributed by atoms with Crippen LogP contribution < -0.4 is 9.46 Å². The normalized spacial score (nSPS) is 20.8. The lowest BCUT2D eigenvalue weighted by molar-refractivity contribution is -0.0646. The van der Waals surface area contributed by atoms with Crippen LogP contribution in [0.2, 0.25) is 0 Å². The molecule has 4 bridgehead atoms. The minimum absolute atomic E-state index is 0.0171. The smallest absolute Gasteiger partial charge is 0.264 e. The predicted molar refractivity (Wildman–Crippen MR) is 177 cm³/mol. The van der Waals surface area contributed by atoms with Crippen LogP contribution in [0, 0.1) is 19.8 Å². The number of carbonyl (C=O) groups excluding carboxylic acids is 1. The number of hydrogen-bond acceptors (Lipinski definition) is 7. The summed E-state index contributed by atoms with van der Waals surface area (Å²) >= 11 is 0. The second kappa shape index (κ2) is 13.2. The highest BCUT2D eigenvalue weighted by Crippen LogP contribution is 2.35. The second-order valence-electron chi connectivity index (χ2n) is 12.7. The van der Waals surface area contributed by atoms with Crippen molar-refractivity contribution in [1.82, 2.24) is 14.9 Å². The molecule has 1 amide bonds. The number of hydrogen-bond donors (Lipinski definition) is 1. The first-order valence-corrected chi connectivity index (χ1v) is 17.2. The van der Waals surface area contributed by atoms with Crippen LogP contribution in [0.5, 0.6) is 5.88 Å². The number of anilines is 1. The van der Waals surface area contributed by atoms with E-state index in [4.69, 9.17) is 9.47 Å².